The van der Waals surface area contributed by atoms with Crippen molar-refractivity contribution in [2.45, 2.75) is 32.9 Å². The monoisotopic (exact) mass is 422 g/mol. The number of hydrogen-bond donors (Lipinski definition) is 2. The lowest BCUT2D eigenvalue weighted by molar-refractivity contribution is 0.422. The fourth-order valence-corrected chi connectivity index (χ4v) is 1.98. The van der Waals surface area contributed by atoms with Crippen LogP contribution >= 0.6 is 24.0 Å². The summed E-state index contributed by atoms with van der Waals surface area (Å²) in [6.07, 6.45) is 0. The summed E-state index contributed by atoms with van der Waals surface area (Å²) in [5, 5.41) is 6.71. The largest absolute Gasteiger partial charge is 0.355 e. The Kier molecular flexibility index (Phi) is 9.59. The normalized spacial score (nSPS) is 11.8. The van der Waals surface area contributed by atoms with Crippen LogP contribution in [-0.2, 0) is 6.54 Å². The van der Waals surface area contributed by atoms with Gasteiger partial charge in [-0.2, -0.15) is 0 Å². The molecule has 22 heavy (non-hydrogen) atoms. The highest BCUT2D eigenvalue weighted by Gasteiger charge is 2.09. The number of benzene rings is 1. The summed E-state index contributed by atoms with van der Waals surface area (Å²) in [6, 6.07) is 6.63. The molecule has 0 amide bonds. The van der Waals surface area contributed by atoms with E-state index in [0.29, 0.717) is 6.54 Å². The van der Waals surface area contributed by atoms with Gasteiger partial charge in [-0.05, 0) is 38.5 Å². The van der Waals surface area contributed by atoms with E-state index in [2.05, 4.69) is 36.4 Å². The van der Waals surface area contributed by atoms with Gasteiger partial charge >= 0.3 is 0 Å². The molecule has 1 rings (SSSR count). The highest BCUT2D eigenvalue weighted by molar-refractivity contribution is 14.0. The first kappa shape index (κ1) is 21.1. The third kappa shape index (κ3) is 8.53. The van der Waals surface area contributed by atoms with Crippen molar-refractivity contribution in [2.75, 3.05) is 27.2 Å². The Morgan fingerprint density at radius 3 is 2.50 bits per heavy atom. The average molecular weight is 422 g/mol. The average Bonchev–Trinajstić information content (AvgIpc) is 2.37. The molecule has 0 heterocycles. The standard InChI is InChI=1S/C16H27FN4.HI/c1-16(2,3)20-10-9-19-15(18-4)21(5)12-13-7-6-8-14(17)11-13;/h6-8,11,20H,9-10,12H2,1-5H3,(H,18,19);1H. The molecule has 2 N–H and O–H groups in total. The van der Waals surface area contributed by atoms with Crippen molar-refractivity contribution < 1.29 is 4.39 Å². The maximum Gasteiger partial charge on any atom is 0.193 e. The Hall–Kier alpha value is -0.890. The lowest BCUT2D eigenvalue weighted by atomic mass is 10.1. The zero-order chi connectivity index (χ0) is 15.9. The van der Waals surface area contributed by atoms with Gasteiger partial charge in [-0.1, -0.05) is 12.1 Å². The number of nitrogens with zero attached hydrogens (tertiary/aromatic N) is 2. The first-order valence-corrected chi connectivity index (χ1v) is 7.23. The van der Waals surface area contributed by atoms with E-state index in [1.807, 2.05) is 18.0 Å². The van der Waals surface area contributed by atoms with E-state index < -0.39 is 0 Å². The van der Waals surface area contributed by atoms with Gasteiger partial charge in [0.15, 0.2) is 5.96 Å². The molecule has 6 heteroatoms. The quantitative estimate of drug-likeness (QED) is 0.332. The van der Waals surface area contributed by atoms with Gasteiger partial charge in [0.1, 0.15) is 5.82 Å². The molecular formula is C16H28FIN4. The van der Waals surface area contributed by atoms with E-state index in [-0.39, 0.29) is 35.3 Å². The van der Waals surface area contributed by atoms with Crippen LogP contribution in [0.1, 0.15) is 26.3 Å². The minimum atomic E-state index is -0.210. The van der Waals surface area contributed by atoms with Crippen LogP contribution in [0, 0.1) is 5.82 Å². The van der Waals surface area contributed by atoms with Crippen LogP contribution in [0.3, 0.4) is 0 Å². The molecule has 1 aromatic rings. The molecule has 0 unspecified atom stereocenters. The van der Waals surface area contributed by atoms with Crippen LogP contribution in [-0.4, -0.2) is 43.6 Å². The summed E-state index contributed by atoms with van der Waals surface area (Å²) in [6.45, 7) is 8.67. The zero-order valence-electron chi connectivity index (χ0n) is 14.1. The molecule has 0 aliphatic carbocycles. The minimum Gasteiger partial charge on any atom is -0.355 e. The van der Waals surface area contributed by atoms with Crippen molar-refractivity contribution in [3.05, 3.63) is 35.6 Å². The van der Waals surface area contributed by atoms with Crippen molar-refractivity contribution >= 4 is 29.9 Å². The lowest BCUT2D eigenvalue weighted by Crippen LogP contribution is -2.44. The van der Waals surface area contributed by atoms with Crippen LogP contribution in [0.4, 0.5) is 4.39 Å². The van der Waals surface area contributed by atoms with Gasteiger partial charge in [-0.15, -0.1) is 24.0 Å². The molecular weight excluding hydrogens is 394 g/mol. The van der Waals surface area contributed by atoms with Crippen molar-refractivity contribution in [1.29, 1.82) is 0 Å². The molecule has 126 valence electrons. The van der Waals surface area contributed by atoms with E-state index in [9.17, 15) is 4.39 Å². The van der Waals surface area contributed by atoms with Crippen LogP contribution in [0.2, 0.25) is 0 Å². The smallest absolute Gasteiger partial charge is 0.193 e. The number of aliphatic imine (C=N–C) groups is 1. The van der Waals surface area contributed by atoms with Gasteiger partial charge in [0, 0.05) is 39.3 Å². The fraction of sp³-hybridized carbons (Fsp3) is 0.562. The summed E-state index contributed by atoms with van der Waals surface area (Å²) in [5.74, 6) is 0.591. The Labute approximate surface area is 150 Å². The van der Waals surface area contributed by atoms with Gasteiger partial charge in [-0.25, -0.2) is 4.39 Å². The van der Waals surface area contributed by atoms with E-state index in [1.54, 1.807) is 19.2 Å². The van der Waals surface area contributed by atoms with Crippen LogP contribution < -0.4 is 10.6 Å². The molecule has 0 aromatic heterocycles. The number of rotatable bonds is 5. The molecule has 0 saturated heterocycles. The molecule has 0 radical (unpaired) electrons. The van der Waals surface area contributed by atoms with Crippen molar-refractivity contribution in [3.8, 4) is 0 Å². The maximum atomic E-state index is 13.2. The Balaban J connectivity index is 0.00000441. The second kappa shape index (κ2) is 9.99. The highest BCUT2D eigenvalue weighted by atomic mass is 127. The van der Waals surface area contributed by atoms with E-state index >= 15 is 0 Å². The maximum absolute atomic E-state index is 13.2. The molecule has 4 nitrogen and oxygen atoms in total. The molecule has 0 spiro atoms. The number of guanidine groups is 1. The summed E-state index contributed by atoms with van der Waals surface area (Å²) in [7, 11) is 3.69. The van der Waals surface area contributed by atoms with Crippen molar-refractivity contribution in [2.24, 2.45) is 4.99 Å². The topological polar surface area (TPSA) is 39.7 Å². The van der Waals surface area contributed by atoms with Crippen molar-refractivity contribution in [3.63, 3.8) is 0 Å². The molecule has 0 bridgehead atoms. The number of hydrogen-bond acceptors (Lipinski definition) is 2. The van der Waals surface area contributed by atoms with E-state index in [0.717, 1.165) is 24.6 Å². The van der Waals surface area contributed by atoms with Gasteiger partial charge in [0.25, 0.3) is 0 Å². The summed E-state index contributed by atoms with van der Waals surface area (Å²) in [5.41, 5.74) is 1.03. The SMILES string of the molecule is CN=C(NCCNC(C)(C)C)N(C)Cc1cccc(F)c1.I. The highest BCUT2D eigenvalue weighted by Crippen LogP contribution is 2.06. The second-order valence-corrected chi connectivity index (χ2v) is 6.14. The molecule has 0 aliphatic rings. The predicted molar refractivity (Wildman–Crippen MR) is 102 cm³/mol. The summed E-state index contributed by atoms with van der Waals surface area (Å²) < 4.78 is 13.2. The first-order chi connectivity index (χ1) is 9.81. The van der Waals surface area contributed by atoms with Gasteiger partial charge in [0.2, 0.25) is 0 Å². The third-order valence-electron chi connectivity index (χ3n) is 2.95. The Morgan fingerprint density at radius 1 is 1.27 bits per heavy atom. The summed E-state index contributed by atoms with van der Waals surface area (Å²) in [4.78, 5) is 6.23. The van der Waals surface area contributed by atoms with E-state index in [1.165, 1.54) is 6.07 Å². The fourth-order valence-electron chi connectivity index (χ4n) is 1.98. The molecule has 0 atom stereocenters. The van der Waals surface area contributed by atoms with Crippen LogP contribution in [0.15, 0.2) is 29.3 Å². The number of halogens is 2. The van der Waals surface area contributed by atoms with Gasteiger partial charge < -0.3 is 15.5 Å². The Morgan fingerprint density at radius 2 is 1.95 bits per heavy atom. The lowest BCUT2D eigenvalue weighted by Gasteiger charge is -2.24. The van der Waals surface area contributed by atoms with Gasteiger partial charge in [-0.3, -0.25) is 4.99 Å². The molecule has 1 aromatic carbocycles. The molecule has 0 saturated carbocycles. The zero-order valence-corrected chi connectivity index (χ0v) is 16.4. The predicted octanol–water partition coefficient (Wildman–Crippen LogP) is 2.84. The summed E-state index contributed by atoms with van der Waals surface area (Å²) >= 11 is 0. The van der Waals surface area contributed by atoms with Crippen LogP contribution in [0.25, 0.3) is 0 Å². The van der Waals surface area contributed by atoms with E-state index in [4.69, 9.17) is 0 Å². The third-order valence-corrected chi connectivity index (χ3v) is 2.95. The first-order valence-electron chi connectivity index (χ1n) is 7.23. The molecule has 0 aliphatic heterocycles. The molecule has 0 fully saturated rings. The Bertz CT molecular complexity index is 471. The van der Waals surface area contributed by atoms with Crippen molar-refractivity contribution in [1.82, 2.24) is 15.5 Å². The second-order valence-electron chi connectivity index (χ2n) is 6.14. The number of nitrogens with one attached hydrogen (secondary N) is 2. The van der Waals surface area contributed by atoms with Gasteiger partial charge in [0.05, 0.1) is 0 Å². The minimum absolute atomic E-state index is 0. The van der Waals surface area contributed by atoms with Crippen LogP contribution in [0.5, 0.6) is 0 Å².